The van der Waals surface area contributed by atoms with Gasteiger partial charge in [0.1, 0.15) is 11.5 Å². The lowest BCUT2D eigenvalue weighted by molar-refractivity contribution is -0.117. The van der Waals surface area contributed by atoms with Gasteiger partial charge in [0, 0.05) is 12.3 Å². The lowest BCUT2D eigenvalue weighted by Crippen LogP contribution is -2.50. The zero-order valence-electron chi connectivity index (χ0n) is 12.9. The molecule has 0 aromatic heterocycles. The van der Waals surface area contributed by atoms with Gasteiger partial charge in [-0.25, -0.2) is 4.39 Å². The van der Waals surface area contributed by atoms with Crippen molar-refractivity contribution in [2.75, 3.05) is 19.8 Å². The van der Waals surface area contributed by atoms with Crippen LogP contribution in [-0.2, 0) is 9.47 Å². The molecule has 2 fully saturated rings. The minimum Gasteiger partial charge on any atom is -0.376 e. The van der Waals surface area contributed by atoms with Gasteiger partial charge >= 0.3 is 0 Å². The highest BCUT2D eigenvalue weighted by molar-refractivity contribution is 5.24. The molecule has 1 unspecified atom stereocenters. The minimum absolute atomic E-state index is 0.0775. The molecule has 0 amide bonds. The smallest absolute Gasteiger partial charge is 0.144 e. The summed E-state index contributed by atoms with van der Waals surface area (Å²) in [6.45, 7) is 1.85. The predicted molar refractivity (Wildman–Crippen MR) is 85.6 cm³/mol. The summed E-state index contributed by atoms with van der Waals surface area (Å²) in [7, 11) is 0. The van der Waals surface area contributed by atoms with Crippen LogP contribution in [-0.4, -0.2) is 25.5 Å². The first-order chi connectivity index (χ1) is 11.2. The van der Waals surface area contributed by atoms with E-state index in [1.807, 2.05) is 18.2 Å². The van der Waals surface area contributed by atoms with Gasteiger partial charge < -0.3 is 9.47 Å². The summed E-state index contributed by atoms with van der Waals surface area (Å²) in [5.41, 5.74) is 1.88. The molecular formula is C19H20FNO2. The second-order valence-corrected chi connectivity index (χ2v) is 6.38. The first-order valence-electron chi connectivity index (χ1n) is 8.04. The van der Waals surface area contributed by atoms with Crippen LogP contribution in [0.25, 0.3) is 0 Å². The molecule has 23 heavy (non-hydrogen) atoms. The van der Waals surface area contributed by atoms with Crippen molar-refractivity contribution < 1.29 is 13.9 Å². The molecule has 120 valence electrons. The fraction of sp³-hybridized carbons (Fsp3) is 0.368. The van der Waals surface area contributed by atoms with Crippen LogP contribution in [0.4, 0.5) is 4.39 Å². The molecule has 4 heteroatoms. The number of benzene rings is 2. The van der Waals surface area contributed by atoms with Gasteiger partial charge in [-0.05, 0) is 23.3 Å². The maximum atomic E-state index is 13.1. The number of hydrogen-bond donors (Lipinski definition) is 1. The molecular weight excluding hydrogens is 293 g/mol. The third kappa shape index (κ3) is 3.02. The lowest BCUT2D eigenvalue weighted by atomic mass is 9.89. The molecule has 2 aromatic carbocycles. The Balaban J connectivity index is 1.50. The number of nitrogens with one attached hydrogen (secondary N) is 1. The largest absolute Gasteiger partial charge is 0.376 e. The molecule has 0 aliphatic carbocycles. The van der Waals surface area contributed by atoms with Gasteiger partial charge in [-0.3, -0.25) is 5.32 Å². The van der Waals surface area contributed by atoms with Crippen LogP contribution in [0.1, 0.15) is 29.5 Å². The molecule has 1 spiro atoms. The van der Waals surface area contributed by atoms with Crippen LogP contribution < -0.4 is 5.32 Å². The summed E-state index contributed by atoms with van der Waals surface area (Å²) >= 11 is 0. The molecule has 2 aliphatic rings. The number of halogens is 1. The van der Waals surface area contributed by atoms with Gasteiger partial charge in [0.25, 0.3) is 0 Å². The predicted octanol–water partition coefficient (Wildman–Crippen LogP) is 3.39. The van der Waals surface area contributed by atoms with Gasteiger partial charge in [0.2, 0.25) is 0 Å². The fourth-order valence-corrected chi connectivity index (χ4v) is 3.54. The summed E-state index contributed by atoms with van der Waals surface area (Å²) in [5, 5.41) is 3.57. The van der Waals surface area contributed by atoms with Gasteiger partial charge in [-0.15, -0.1) is 0 Å². The first kappa shape index (κ1) is 14.8. The quantitative estimate of drug-likeness (QED) is 0.922. The molecule has 3 atom stereocenters. The Kier molecular flexibility index (Phi) is 3.89. The Bertz CT molecular complexity index is 661. The van der Waals surface area contributed by atoms with E-state index in [9.17, 15) is 4.39 Å². The minimum atomic E-state index is -0.447. The molecule has 3 nitrogen and oxygen atoms in total. The van der Waals surface area contributed by atoms with Crippen molar-refractivity contribution in [3.63, 3.8) is 0 Å². The van der Waals surface area contributed by atoms with Crippen LogP contribution in [0.3, 0.4) is 0 Å². The summed E-state index contributed by atoms with van der Waals surface area (Å²) in [6, 6.07) is 17.1. The number of ether oxygens (including phenoxy) is 2. The molecule has 0 radical (unpaired) electrons. The third-order valence-corrected chi connectivity index (χ3v) is 4.74. The van der Waals surface area contributed by atoms with Crippen LogP contribution >= 0.6 is 0 Å². The normalized spacial score (nSPS) is 30.7. The standard InChI is InChI=1S/C19H20FNO2/c20-17-8-6-15(7-9-17)18-12-23-19(21-18)10-16(11-22-13-19)14-4-2-1-3-5-14/h1-9,16,18,21H,10-13H2/t16-,18-,19?/m1/s1. The second kappa shape index (κ2) is 6.04. The molecule has 1 N–H and O–H groups in total. The highest BCUT2D eigenvalue weighted by Gasteiger charge is 2.44. The lowest BCUT2D eigenvalue weighted by Gasteiger charge is -2.37. The van der Waals surface area contributed by atoms with Gasteiger partial charge in [0.15, 0.2) is 0 Å². The highest BCUT2D eigenvalue weighted by atomic mass is 19.1. The average molecular weight is 313 g/mol. The molecule has 2 heterocycles. The molecule has 0 bridgehead atoms. The second-order valence-electron chi connectivity index (χ2n) is 6.38. The van der Waals surface area contributed by atoms with Crippen molar-refractivity contribution in [1.82, 2.24) is 5.32 Å². The van der Waals surface area contributed by atoms with Crippen molar-refractivity contribution in [2.24, 2.45) is 0 Å². The van der Waals surface area contributed by atoms with E-state index >= 15 is 0 Å². The van der Waals surface area contributed by atoms with E-state index in [0.717, 1.165) is 18.6 Å². The van der Waals surface area contributed by atoms with E-state index in [-0.39, 0.29) is 11.9 Å². The van der Waals surface area contributed by atoms with Gasteiger partial charge in [0.05, 0.1) is 25.9 Å². The number of rotatable bonds is 2. The average Bonchev–Trinajstić information content (AvgIpc) is 3.00. The molecule has 2 aliphatic heterocycles. The van der Waals surface area contributed by atoms with Gasteiger partial charge in [-0.1, -0.05) is 42.5 Å². The summed E-state index contributed by atoms with van der Waals surface area (Å²) in [4.78, 5) is 0. The maximum Gasteiger partial charge on any atom is 0.144 e. The first-order valence-corrected chi connectivity index (χ1v) is 8.04. The van der Waals surface area contributed by atoms with Crippen molar-refractivity contribution in [2.45, 2.75) is 24.1 Å². The van der Waals surface area contributed by atoms with Crippen molar-refractivity contribution >= 4 is 0 Å². The Morgan fingerprint density at radius 2 is 1.74 bits per heavy atom. The van der Waals surface area contributed by atoms with E-state index in [0.29, 0.717) is 19.1 Å². The topological polar surface area (TPSA) is 30.5 Å². The van der Waals surface area contributed by atoms with E-state index in [4.69, 9.17) is 9.47 Å². The van der Waals surface area contributed by atoms with Crippen molar-refractivity contribution in [1.29, 1.82) is 0 Å². The summed E-state index contributed by atoms with van der Waals surface area (Å²) < 4.78 is 25.0. The molecule has 2 saturated heterocycles. The zero-order valence-corrected chi connectivity index (χ0v) is 12.9. The fourth-order valence-electron chi connectivity index (χ4n) is 3.54. The van der Waals surface area contributed by atoms with E-state index in [1.165, 1.54) is 17.7 Å². The van der Waals surface area contributed by atoms with Crippen molar-refractivity contribution in [3.8, 4) is 0 Å². The van der Waals surface area contributed by atoms with Crippen LogP contribution in [0.5, 0.6) is 0 Å². The SMILES string of the molecule is Fc1ccc([C@H]2COC3(COC[C@H](c4ccccc4)C3)N2)cc1. The third-order valence-electron chi connectivity index (χ3n) is 4.74. The van der Waals surface area contributed by atoms with E-state index in [1.54, 1.807) is 0 Å². The van der Waals surface area contributed by atoms with E-state index < -0.39 is 5.72 Å². The van der Waals surface area contributed by atoms with Crippen molar-refractivity contribution in [3.05, 3.63) is 71.5 Å². The highest BCUT2D eigenvalue weighted by Crippen LogP contribution is 2.37. The zero-order chi connectivity index (χ0) is 15.7. The molecule has 4 rings (SSSR count). The Labute approximate surface area is 135 Å². The Morgan fingerprint density at radius 1 is 0.957 bits per heavy atom. The Hall–Kier alpha value is -1.75. The molecule has 0 saturated carbocycles. The molecule has 2 aromatic rings. The van der Waals surface area contributed by atoms with E-state index in [2.05, 4.69) is 29.6 Å². The summed E-state index contributed by atoms with van der Waals surface area (Å²) in [6.07, 6.45) is 0.884. The maximum absolute atomic E-state index is 13.1. The van der Waals surface area contributed by atoms with Gasteiger partial charge in [-0.2, -0.15) is 0 Å². The van der Waals surface area contributed by atoms with Crippen LogP contribution in [0.15, 0.2) is 54.6 Å². The van der Waals surface area contributed by atoms with Crippen LogP contribution in [0.2, 0.25) is 0 Å². The Morgan fingerprint density at radius 3 is 2.52 bits per heavy atom. The number of hydrogen-bond acceptors (Lipinski definition) is 3. The van der Waals surface area contributed by atoms with Crippen LogP contribution in [0, 0.1) is 5.82 Å². The summed E-state index contributed by atoms with van der Waals surface area (Å²) in [5.74, 6) is 0.108. The monoisotopic (exact) mass is 313 g/mol.